The Labute approximate surface area is 214 Å². The highest BCUT2D eigenvalue weighted by molar-refractivity contribution is 5.83. The molecule has 0 amide bonds. The molecular weight excluding hydrogens is 480 g/mol. The lowest BCUT2D eigenvalue weighted by molar-refractivity contribution is 0.0875. The second kappa shape index (κ2) is 9.91. The van der Waals surface area contributed by atoms with E-state index in [2.05, 4.69) is 0 Å². The summed E-state index contributed by atoms with van der Waals surface area (Å²) in [5.41, 5.74) is 4.03. The molecular formula is C28H30O9. The zero-order valence-corrected chi connectivity index (χ0v) is 20.7. The second-order valence-corrected chi connectivity index (χ2v) is 9.19. The van der Waals surface area contributed by atoms with Crippen LogP contribution in [0.15, 0.2) is 30.3 Å². The molecule has 0 aromatic heterocycles. The molecule has 1 aliphatic carbocycles. The molecule has 2 unspecified atom stereocenters. The summed E-state index contributed by atoms with van der Waals surface area (Å²) in [4.78, 5) is 0. The van der Waals surface area contributed by atoms with Gasteiger partial charge < -0.3 is 44.5 Å². The zero-order valence-electron chi connectivity index (χ0n) is 20.7. The molecule has 0 saturated carbocycles. The molecule has 5 N–H and O–H groups in total. The third-order valence-electron chi connectivity index (χ3n) is 7.09. The van der Waals surface area contributed by atoms with Gasteiger partial charge in [0, 0.05) is 47.8 Å². The van der Waals surface area contributed by atoms with E-state index in [1.807, 2.05) is 0 Å². The number of methoxy groups -OCH3 is 2. The number of phenolic OH excluding ortho intramolecular Hbond substituents is 3. The van der Waals surface area contributed by atoms with Gasteiger partial charge in [-0.25, -0.2) is 0 Å². The van der Waals surface area contributed by atoms with Gasteiger partial charge in [-0.05, 0) is 47.7 Å². The fourth-order valence-electron chi connectivity index (χ4n) is 5.34. The van der Waals surface area contributed by atoms with E-state index in [1.165, 1.54) is 20.3 Å². The number of rotatable bonds is 7. The van der Waals surface area contributed by atoms with Gasteiger partial charge in [0.15, 0.2) is 11.5 Å². The van der Waals surface area contributed by atoms with Crippen molar-refractivity contribution in [2.45, 2.75) is 31.3 Å². The van der Waals surface area contributed by atoms with Crippen molar-refractivity contribution in [3.63, 3.8) is 0 Å². The van der Waals surface area contributed by atoms with Crippen LogP contribution >= 0.6 is 0 Å². The summed E-state index contributed by atoms with van der Waals surface area (Å²) in [6.07, 6.45) is 0.529. The maximum atomic E-state index is 11.6. The lowest BCUT2D eigenvalue weighted by Gasteiger charge is -2.35. The Morgan fingerprint density at radius 3 is 2.38 bits per heavy atom. The number of fused-ring (bicyclic) bond motifs is 5. The van der Waals surface area contributed by atoms with E-state index in [9.17, 15) is 20.4 Å². The van der Waals surface area contributed by atoms with Gasteiger partial charge in [0.1, 0.15) is 23.0 Å². The molecule has 0 saturated heterocycles. The molecule has 0 bridgehead atoms. The van der Waals surface area contributed by atoms with Crippen LogP contribution in [0.25, 0.3) is 11.1 Å². The Morgan fingerprint density at radius 2 is 1.65 bits per heavy atom. The van der Waals surface area contributed by atoms with Crippen molar-refractivity contribution in [2.75, 3.05) is 34.0 Å². The smallest absolute Gasteiger partial charge is 0.200 e. The van der Waals surface area contributed by atoms with Crippen LogP contribution in [0.1, 0.15) is 40.7 Å². The maximum absolute atomic E-state index is 11.6. The summed E-state index contributed by atoms with van der Waals surface area (Å²) in [5.74, 6) is 0.653. The molecule has 9 nitrogen and oxygen atoms in total. The van der Waals surface area contributed by atoms with E-state index in [1.54, 1.807) is 24.3 Å². The molecule has 37 heavy (non-hydrogen) atoms. The van der Waals surface area contributed by atoms with Crippen LogP contribution < -0.4 is 18.9 Å². The van der Waals surface area contributed by atoms with Crippen molar-refractivity contribution in [3.05, 3.63) is 52.6 Å². The largest absolute Gasteiger partial charge is 0.508 e. The maximum Gasteiger partial charge on any atom is 0.200 e. The molecule has 0 radical (unpaired) electrons. The Hall–Kier alpha value is -3.82. The number of hydrogen-bond donors (Lipinski definition) is 5. The van der Waals surface area contributed by atoms with E-state index >= 15 is 0 Å². The lowest BCUT2D eigenvalue weighted by Crippen LogP contribution is -2.26. The van der Waals surface area contributed by atoms with E-state index in [4.69, 9.17) is 24.1 Å². The summed E-state index contributed by atoms with van der Waals surface area (Å²) >= 11 is 0. The zero-order chi connectivity index (χ0) is 26.3. The average Bonchev–Trinajstić information content (AvgIpc) is 2.89. The van der Waals surface area contributed by atoms with Crippen LogP contribution in [0, 0.1) is 0 Å². The van der Waals surface area contributed by atoms with Gasteiger partial charge in [-0.1, -0.05) is 0 Å². The van der Waals surface area contributed by atoms with Gasteiger partial charge in [-0.2, -0.15) is 0 Å². The fraction of sp³-hybridized carbons (Fsp3) is 0.357. The third-order valence-corrected chi connectivity index (χ3v) is 7.09. The standard InChI is InChI=1S/C28H30O9/c1-34-21-11-15(30)10-18-16(21)4-5-17-25(18)20(31)12-22-26(17)27(32)19(13-37-22)14-8-23(35-2)28(33)24(9-14)36-7-3-6-29/h8-12,19,27,29-33H,3-7,13H2,1-2H3. The number of aromatic hydroxyl groups is 3. The van der Waals surface area contributed by atoms with Crippen molar-refractivity contribution in [3.8, 4) is 51.4 Å². The molecule has 5 rings (SSSR count). The quantitative estimate of drug-likeness (QED) is 0.302. The summed E-state index contributed by atoms with van der Waals surface area (Å²) in [7, 11) is 2.97. The Kier molecular flexibility index (Phi) is 6.66. The number of aliphatic hydroxyl groups excluding tert-OH is 2. The van der Waals surface area contributed by atoms with Gasteiger partial charge in [-0.15, -0.1) is 0 Å². The molecule has 2 atom stereocenters. The monoisotopic (exact) mass is 510 g/mol. The minimum atomic E-state index is -0.988. The predicted molar refractivity (Wildman–Crippen MR) is 134 cm³/mol. The molecule has 1 aliphatic heterocycles. The summed E-state index contributed by atoms with van der Waals surface area (Å²) in [5, 5.41) is 52.5. The minimum absolute atomic E-state index is 0.00104. The van der Waals surface area contributed by atoms with Crippen LogP contribution in [-0.2, 0) is 12.8 Å². The Morgan fingerprint density at radius 1 is 0.919 bits per heavy atom. The predicted octanol–water partition coefficient (Wildman–Crippen LogP) is 3.56. The normalized spacial score (nSPS) is 17.7. The first-order chi connectivity index (χ1) is 17.9. The number of aliphatic hydroxyl groups is 2. The van der Waals surface area contributed by atoms with Crippen LogP contribution in [0.5, 0.6) is 40.2 Å². The summed E-state index contributed by atoms with van der Waals surface area (Å²) < 4.78 is 22.5. The number of hydrogen-bond acceptors (Lipinski definition) is 9. The molecule has 1 heterocycles. The molecule has 0 spiro atoms. The highest BCUT2D eigenvalue weighted by Gasteiger charge is 2.37. The van der Waals surface area contributed by atoms with Gasteiger partial charge in [0.2, 0.25) is 5.75 Å². The topological polar surface area (TPSA) is 138 Å². The highest BCUT2D eigenvalue weighted by atomic mass is 16.5. The number of phenols is 3. The lowest BCUT2D eigenvalue weighted by atomic mass is 9.77. The van der Waals surface area contributed by atoms with Crippen molar-refractivity contribution in [1.82, 2.24) is 0 Å². The second-order valence-electron chi connectivity index (χ2n) is 9.19. The van der Waals surface area contributed by atoms with Crippen LogP contribution in [0.4, 0.5) is 0 Å². The van der Waals surface area contributed by atoms with E-state index in [-0.39, 0.29) is 48.6 Å². The van der Waals surface area contributed by atoms with Crippen molar-refractivity contribution in [2.24, 2.45) is 0 Å². The van der Waals surface area contributed by atoms with Crippen molar-refractivity contribution < 1.29 is 44.5 Å². The van der Waals surface area contributed by atoms with Gasteiger partial charge in [-0.3, -0.25) is 0 Å². The first-order valence-corrected chi connectivity index (χ1v) is 12.1. The fourth-order valence-corrected chi connectivity index (χ4v) is 5.34. The third kappa shape index (κ3) is 4.24. The van der Waals surface area contributed by atoms with Crippen molar-refractivity contribution >= 4 is 0 Å². The van der Waals surface area contributed by atoms with Crippen molar-refractivity contribution in [1.29, 1.82) is 0 Å². The molecule has 196 valence electrons. The Bertz CT molecular complexity index is 1330. The van der Waals surface area contributed by atoms with Gasteiger partial charge >= 0.3 is 0 Å². The molecule has 2 aliphatic rings. The van der Waals surface area contributed by atoms with Crippen LogP contribution in [0.3, 0.4) is 0 Å². The summed E-state index contributed by atoms with van der Waals surface area (Å²) in [6, 6.07) is 7.92. The first-order valence-electron chi connectivity index (χ1n) is 12.1. The SMILES string of the molecule is COc1cc(C2COc3cc(O)c4c(c3C2O)CCc2c(OC)cc(O)cc2-4)cc(OCCCO)c1O. The molecule has 3 aromatic rings. The molecule has 0 fully saturated rings. The number of ether oxygens (including phenoxy) is 4. The van der Waals surface area contributed by atoms with Gasteiger partial charge in [0.25, 0.3) is 0 Å². The Balaban J connectivity index is 1.59. The van der Waals surface area contributed by atoms with Gasteiger partial charge in [0.05, 0.1) is 33.5 Å². The molecule has 3 aromatic carbocycles. The van der Waals surface area contributed by atoms with E-state index < -0.39 is 12.0 Å². The average molecular weight is 511 g/mol. The van der Waals surface area contributed by atoms with Crippen LogP contribution in [0.2, 0.25) is 0 Å². The van der Waals surface area contributed by atoms with E-state index in [0.717, 1.165) is 11.1 Å². The molecule has 9 heteroatoms. The summed E-state index contributed by atoms with van der Waals surface area (Å²) in [6.45, 7) is 0.279. The first kappa shape index (κ1) is 24.9. The number of benzene rings is 3. The highest BCUT2D eigenvalue weighted by Crippen LogP contribution is 2.53. The van der Waals surface area contributed by atoms with E-state index in [0.29, 0.717) is 53.0 Å². The van der Waals surface area contributed by atoms with Crippen LogP contribution in [-0.4, -0.2) is 59.6 Å². The minimum Gasteiger partial charge on any atom is -0.508 e.